The molecule has 6 nitrogen and oxygen atoms in total. The zero-order valence-electron chi connectivity index (χ0n) is 20.8. The van der Waals surface area contributed by atoms with Crippen LogP contribution in [0.3, 0.4) is 0 Å². The van der Waals surface area contributed by atoms with Crippen molar-refractivity contribution in [3.8, 4) is 32.8 Å². The van der Waals surface area contributed by atoms with Crippen LogP contribution in [0, 0.1) is 11.3 Å². The third kappa shape index (κ3) is 5.77. The summed E-state index contributed by atoms with van der Waals surface area (Å²) in [6.07, 6.45) is 4.18. The molecule has 0 radical (unpaired) electrons. The molecule has 188 valence electrons. The second-order valence-corrected chi connectivity index (χ2v) is 11.4. The van der Waals surface area contributed by atoms with Crippen LogP contribution in [0.25, 0.3) is 21.0 Å². The molecule has 1 aliphatic heterocycles. The zero-order valence-corrected chi connectivity index (χ0v) is 22.5. The van der Waals surface area contributed by atoms with E-state index in [-0.39, 0.29) is 6.10 Å². The molecule has 5 rings (SSSR count). The number of hydrogen-bond donors (Lipinski definition) is 1. The molecular formula is C28H32N4O2S2. The van der Waals surface area contributed by atoms with Crippen molar-refractivity contribution in [2.45, 2.75) is 38.8 Å². The minimum atomic E-state index is 0.0241. The number of morpholine rings is 1. The number of fused-ring (bicyclic) bond motifs is 1. The first-order chi connectivity index (χ1) is 17.6. The third-order valence-corrected chi connectivity index (χ3v) is 8.51. The summed E-state index contributed by atoms with van der Waals surface area (Å²) in [6.45, 7) is 8.82. The fourth-order valence-corrected chi connectivity index (χ4v) is 6.68. The number of rotatable bonds is 9. The Bertz CT molecular complexity index is 1230. The molecule has 8 heteroatoms. The maximum absolute atomic E-state index is 9.60. The van der Waals surface area contributed by atoms with Crippen LogP contribution in [0.15, 0.2) is 42.6 Å². The highest BCUT2D eigenvalue weighted by molar-refractivity contribution is 7.97. The van der Waals surface area contributed by atoms with Gasteiger partial charge in [-0.1, -0.05) is 30.1 Å². The summed E-state index contributed by atoms with van der Waals surface area (Å²) in [4.78, 5) is 8.36. The summed E-state index contributed by atoms with van der Waals surface area (Å²) in [7, 11) is 0. The molecule has 1 aromatic heterocycles. The van der Waals surface area contributed by atoms with E-state index >= 15 is 0 Å². The fraction of sp³-hybridized carbons (Fsp3) is 0.429. The first-order valence-corrected chi connectivity index (χ1v) is 14.4. The minimum absolute atomic E-state index is 0.0241. The van der Waals surface area contributed by atoms with Crippen LogP contribution in [-0.2, 0) is 11.2 Å². The monoisotopic (exact) mass is 520 g/mol. The Morgan fingerprint density at radius 1 is 1.28 bits per heavy atom. The van der Waals surface area contributed by atoms with Gasteiger partial charge in [0, 0.05) is 43.2 Å². The summed E-state index contributed by atoms with van der Waals surface area (Å²) >= 11 is 3.52. The van der Waals surface area contributed by atoms with Gasteiger partial charge in [0.15, 0.2) is 0 Å². The lowest BCUT2D eigenvalue weighted by Gasteiger charge is -2.26. The Kier molecular flexibility index (Phi) is 8.25. The van der Waals surface area contributed by atoms with Crippen LogP contribution in [0.4, 0.5) is 0 Å². The Morgan fingerprint density at radius 3 is 2.94 bits per heavy atom. The summed E-state index contributed by atoms with van der Waals surface area (Å²) in [5.41, 5.74) is 5.60. The third-order valence-electron chi connectivity index (χ3n) is 6.59. The fourth-order valence-electron chi connectivity index (χ4n) is 4.81. The summed E-state index contributed by atoms with van der Waals surface area (Å²) in [5.74, 6) is 1.70. The highest BCUT2D eigenvalue weighted by Crippen LogP contribution is 2.41. The lowest BCUT2D eigenvalue weighted by Crippen LogP contribution is -2.37. The predicted octanol–water partition coefficient (Wildman–Crippen LogP) is 5.69. The van der Waals surface area contributed by atoms with Gasteiger partial charge in [-0.15, -0.1) is 11.3 Å². The van der Waals surface area contributed by atoms with Crippen LogP contribution in [0.5, 0.6) is 5.75 Å². The van der Waals surface area contributed by atoms with Crippen molar-refractivity contribution >= 4 is 23.3 Å². The van der Waals surface area contributed by atoms with E-state index in [2.05, 4.69) is 33.9 Å². The summed E-state index contributed by atoms with van der Waals surface area (Å²) in [6, 6.07) is 15.0. The Labute approximate surface area is 221 Å². The quantitative estimate of drug-likeness (QED) is 0.287. The highest BCUT2D eigenvalue weighted by atomic mass is 32.2. The van der Waals surface area contributed by atoms with Gasteiger partial charge in [0.25, 0.3) is 0 Å². The molecule has 0 bridgehead atoms. The van der Waals surface area contributed by atoms with Crippen molar-refractivity contribution in [1.82, 2.24) is 14.6 Å². The van der Waals surface area contributed by atoms with E-state index in [9.17, 15) is 5.26 Å². The van der Waals surface area contributed by atoms with Crippen molar-refractivity contribution in [2.75, 3.05) is 38.6 Å². The molecule has 1 unspecified atom stereocenters. The lowest BCUT2D eigenvalue weighted by atomic mass is 10.0. The number of hydrogen-bond acceptors (Lipinski definition) is 8. The maximum Gasteiger partial charge on any atom is 0.137 e. The van der Waals surface area contributed by atoms with Crippen molar-refractivity contribution < 1.29 is 9.47 Å². The van der Waals surface area contributed by atoms with E-state index in [0.29, 0.717) is 17.4 Å². The number of nitrogens with zero attached hydrogens (tertiary/aromatic N) is 3. The molecule has 1 fully saturated rings. The summed E-state index contributed by atoms with van der Waals surface area (Å²) < 4.78 is 14.9. The van der Waals surface area contributed by atoms with Crippen LogP contribution < -0.4 is 9.46 Å². The van der Waals surface area contributed by atoms with Crippen molar-refractivity contribution in [2.24, 2.45) is 0 Å². The van der Waals surface area contributed by atoms with E-state index in [4.69, 9.17) is 14.5 Å². The van der Waals surface area contributed by atoms with Crippen LogP contribution >= 0.6 is 23.3 Å². The number of aromatic nitrogens is 1. The molecule has 1 saturated heterocycles. The Morgan fingerprint density at radius 2 is 2.14 bits per heavy atom. The van der Waals surface area contributed by atoms with Crippen molar-refractivity contribution in [1.29, 1.82) is 5.26 Å². The van der Waals surface area contributed by atoms with Gasteiger partial charge >= 0.3 is 0 Å². The second-order valence-electron chi connectivity index (χ2n) is 9.40. The highest BCUT2D eigenvalue weighted by Gasteiger charge is 2.25. The average Bonchev–Trinajstić information content (AvgIpc) is 3.55. The minimum Gasteiger partial charge on any atom is -0.490 e. The molecule has 1 atom stereocenters. The molecule has 0 saturated carbocycles. The molecule has 0 amide bonds. The molecule has 0 spiro atoms. The number of nitriles is 1. The molecule has 36 heavy (non-hydrogen) atoms. The van der Waals surface area contributed by atoms with Gasteiger partial charge in [-0.3, -0.25) is 9.62 Å². The maximum atomic E-state index is 9.60. The Balaban J connectivity index is 1.27. The van der Waals surface area contributed by atoms with Crippen molar-refractivity contribution in [3.63, 3.8) is 0 Å². The van der Waals surface area contributed by atoms with Crippen LogP contribution in [0.1, 0.15) is 43.0 Å². The zero-order chi connectivity index (χ0) is 24.9. The Hall–Kier alpha value is -2.41. The molecule has 2 heterocycles. The predicted molar refractivity (Wildman–Crippen MR) is 147 cm³/mol. The van der Waals surface area contributed by atoms with Gasteiger partial charge < -0.3 is 9.47 Å². The van der Waals surface area contributed by atoms with Gasteiger partial charge in [-0.05, 0) is 61.6 Å². The van der Waals surface area contributed by atoms with Gasteiger partial charge in [0.05, 0.1) is 29.8 Å². The summed E-state index contributed by atoms with van der Waals surface area (Å²) in [5, 5.41) is 10.5. The van der Waals surface area contributed by atoms with Crippen LogP contribution in [-0.4, -0.2) is 54.6 Å². The van der Waals surface area contributed by atoms with E-state index in [1.165, 1.54) is 21.6 Å². The van der Waals surface area contributed by atoms with E-state index in [0.717, 1.165) is 62.0 Å². The van der Waals surface area contributed by atoms with Crippen molar-refractivity contribution in [3.05, 3.63) is 59.3 Å². The standard InChI is InChI=1S/C28H32N4O2S2/c1-19(2)34-26-9-6-20(16-21(26)17-29)28-30-18-27(36-28)24-5-3-4-23-22(24)7-8-25(23)31-35-15-12-32-10-13-33-14-11-32/h3-6,9,16,18-19,25,31H,7-8,10-15H2,1-2H3. The first-order valence-electron chi connectivity index (χ1n) is 12.6. The van der Waals surface area contributed by atoms with E-state index in [1.54, 1.807) is 11.3 Å². The second kappa shape index (κ2) is 11.8. The lowest BCUT2D eigenvalue weighted by molar-refractivity contribution is 0.0410. The van der Waals surface area contributed by atoms with Gasteiger partial charge in [0.1, 0.15) is 16.8 Å². The smallest absolute Gasteiger partial charge is 0.137 e. The topological polar surface area (TPSA) is 70.4 Å². The number of ether oxygens (including phenoxy) is 2. The SMILES string of the molecule is CC(C)Oc1ccc(-c2ncc(-c3cccc4c3CCC4NSCCN3CCOCC3)s2)cc1C#N. The van der Waals surface area contributed by atoms with E-state index in [1.807, 2.05) is 50.2 Å². The number of benzene rings is 2. The van der Waals surface area contributed by atoms with Gasteiger partial charge in [-0.25, -0.2) is 4.98 Å². The van der Waals surface area contributed by atoms with Crippen LogP contribution in [0.2, 0.25) is 0 Å². The molecule has 3 aromatic rings. The largest absolute Gasteiger partial charge is 0.490 e. The van der Waals surface area contributed by atoms with Gasteiger partial charge in [-0.2, -0.15) is 5.26 Å². The first kappa shape index (κ1) is 25.2. The molecule has 2 aliphatic rings. The molecule has 2 aromatic carbocycles. The normalized spacial score (nSPS) is 17.8. The molecule has 1 aliphatic carbocycles. The number of nitrogens with one attached hydrogen (secondary N) is 1. The van der Waals surface area contributed by atoms with E-state index < -0.39 is 0 Å². The van der Waals surface area contributed by atoms with Gasteiger partial charge in [0.2, 0.25) is 0 Å². The average molecular weight is 521 g/mol. The number of thiazole rings is 1. The molecule has 1 N–H and O–H groups in total. The molecular weight excluding hydrogens is 488 g/mol.